The van der Waals surface area contributed by atoms with Gasteiger partial charge in [-0.1, -0.05) is 96.6 Å². The molecule has 5 heteroatoms. The standard InChI is InChI=1S/C31H36O5/c1-23(2)18-27-30(34-20-25-14-8-4-9-15-25)31(35-21-26-16-10-5-11-17-26)29(32)28(36-27)22-33-19-24-12-6-3-7-13-24/h3-17,27-32H,1,18-22H2,2H3. The fourth-order valence-electron chi connectivity index (χ4n) is 4.44. The summed E-state index contributed by atoms with van der Waals surface area (Å²) in [7, 11) is 0. The quantitative estimate of drug-likeness (QED) is 0.343. The van der Waals surface area contributed by atoms with Crippen LogP contribution in [-0.2, 0) is 38.8 Å². The number of aliphatic hydroxyl groups is 1. The summed E-state index contributed by atoms with van der Waals surface area (Å²) in [5, 5.41) is 11.4. The second-order valence-corrected chi connectivity index (χ2v) is 9.39. The molecule has 1 fully saturated rings. The van der Waals surface area contributed by atoms with Crippen molar-refractivity contribution in [2.75, 3.05) is 6.61 Å². The summed E-state index contributed by atoms with van der Waals surface area (Å²) in [6, 6.07) is 29.9. The zero-order valence-corrected chi connectivity index (χ0v) is 20.9. The Morgan fingerprint density at radius 1 is 0.722 bits per heavy atom. The lowest BCUT2D eigenvalue weighted by Crippen LogP contribution is -2.60. The predicted molar refractivity (Wildman–Crippen MR) is 140 cm³/mol. The van der Waals surface area contributed by atoms with Gasteiger partial charge in [-0.15, -0.1) is 6.58 Å². The fraction of sp³-hybridized carbons (Fsp3) is 0.355. The highest BCUT2D eigenvalue weighted by molar-refractivity contribution is 5.15. The molecule has 1 saturated heterocycles. The summed E-state index contributed by atoms with van der Waals surface area (Å²) in [6.07, 6.45) is -2.22. The van der Waals surface area contributed by atoms with Crippen LogP contribution in [0.2, 0.25) is 0 Å². The van der Waals surface area contributed by atoms with Crippen molar-refractivity contribution < 1.29 is 24.1 Å². The third-order valence-electron chi connectivity index (χ3n) is 6.27. The Bertz CT molecular complexity index is 1040. The molecule has 1 aliphatic rings. The molecule has 5 unspecified atom stereocenters. The van der Waals surface area contributed by atoms with Crippen molar-refractivity contribution in [2.45, 2.75) is 63.7 Å². The predicted octanol–water partition coefficient (Wildman–Crippen LogP) is 5.47. The summed E-state index contributed by atoms with van der Waals surface area (Å²) < 4.78 is 25.1. The van der Waals surface area contributed by atoms with Crippen molar-refractivity contribution >= 4 is 0 Å². The van der Waals surface area contributed by atoms with E-state index in [-0.39, 0.29) is 12.7 Å². The van der Waals surface area contributed by atoms with Crippen LogP contribution in [0, 0.1) is 0 Å². The lowest BCUT2D eigenvalue weighted by atomic mass is 9.91. The summed E-state index contributed by atoms with van der Waals surface area (Å²) in [6.45, 7) is 7.53. The smallest absolute Gasteiger partial charge is 0.115 e. The zero-order chi connectivity index (χ0) is 25.2. The number of hydrogen-bond donors (Lipinski definition) is 1. The second-order valence-electron chi connectivity index (χ2n) is 9.39. The van der Waals surface area contributed by atoms with E-state index in [0.29, 0.717) is 26.2 Å². The molecule has 0 saturated carbocycles. The molecule has 0 bridgehead atoms. The van der Waals surface area contributed by atoms with Crippen molar-refractivity contribution in [1.29, 1.82) is 0 Å². The van der Waals surface area contributed by atoms with E-state index in [9.17, 15) is 5.11 Å². The monoisotopic (exact) mass is 488 g/mol. The van der Waals surface area contributed by atoms with Gasteiger partial charge in [-0.25, -0.2) is 0 Å². The SMILES string of the molecule is C=C(C)CC1OC(COCc2ccccc2)C(O)C(OCc2ccccc2)C1OCc1ccccc1. The Labute approximate surface area is 214 Å². The van der Waals surface area contributed by atoms with E-state index in [0.717, 1.165) is 22.3 Å². The molecule has 5 atom stereocenters. The molecule has 5 nitrogen and oxygen atoms in total. The second kappa shape index (κ2) is 13.5. The molecule has 3 aromatic carbocycles. The lowest BCUT2D eigenvalue weighted by Gasteiger charge is -2.44. The molecule has 190 valence electrons. The molecule has 1 N–H and O–H groups in total. The van der Waals surface area contributed by atoms with Gasteiger partial charge in [0.2, 0.25) is 0 Å². The molecule has 0 aliphatic carbocycles. The van der Waals surface area contributed by atoms with Gasteiger partial charge in [0.1, 0.15) is 24.4 Å². The van der Waals surface area contributed by atoms with Crippen LogP contribution in [0.25, 0.3) is 0 Å². The van der Waals surface area contributed by atoms with Gasteiger partial charge in [-0.05, 0) is 30.0 Å². The van der Waals surface area contributed by atoms with Crippen molar-refractivity contribution in [2.24, 2.45) is 0 Å². The van der Waals surface area contributed by atoms with E-state index in [4.69, 9.17) is 18.9 Å². The minimum Gasteiger partial charge on any atom is -0.387 e. The van der Waals surface area contributed by atoms with Gasteiger partial charge < -0.3 is 24.1 Å². The van der Waals surface area contributed by atoms with Crippen LogP contribution in [0.1, 0.15) is 30.0 Å². The number of aliphatic hydroxyl groups excluding tert-OH is 1. The Balaban J connectivity index is 1.50. The largest absolute Gasteiger partial charge is 0.387 e. The van der Waals surface area contributed by atoms with Gasteiger partial charge in [0.05, 0.1) is 32.5 Å². The van der Waals surface area contributed by atoms with Crippen molar-refractivity contribution in [3.63, 3.8) is 0 Å². The van der Waals surface area contributed by atoms with E-state index in [2.05, 4.69) is 6.58 Å². The molecular formula is C31H36O5. The van der Waals surface area contributed by atoms with Crippen molar-refractivity contribution in [3.05, 3.63) is 120 Å². The molecule has 1 heterocycles. The minimum absolute atomic E-state index is 0.249. The zero-order valence-electron chi connectivity index (χ0n) is 20.9. The van der Waals surface area contributed by atoms with Crippen LogP contribution >= 0.6 is 0 Å². The first-order valence-electron chi connectivity index (χ1n) is 12.5. The van der Waals surface area contributed by atoms with Gasteiger partial charge >= 0.3 is 0 Å². The highest BCUT2D eigenvalue weighted by Gasteiger charge is 2.46. The van der Waals surface area contributed by atoms with Gasteiger partial charge in [0.15, 0.2) is 0 Å². The molecular weight excluding hydrogens is 452 g/mol. The maximum absolute atomic E-state index is 11.4. The number of benzene rings is 3. The molecule has 0 radical (unpaired) electrons. The Kier molecular flexibility index (Phi) is 9.84. The maximum atomic E-state index is 11.4. The third kappa shape index (κ3) is 7.60. The Morgan fingerprint density at radius 3 is 1.69 bits per heavy atom. The first-order valence-corrected chi connectivity index (χ1v) is 12.5. The summed E-state index contributed by atoms with van der Waals surface area (Å²) in [4.78, 5) is 0. The summed E-state index contributed by atoms with van der Waals surface area (Å²) >= 11 is 0. The van der Waals surface area contributed by atoms with Gasteiger partial charge in [0, 0.05) is 0 Å². The molecule has 1 aliphatic heterocycles. The Morgan fingerprint density at radius 2 is 1.19 bits per heavy atom. The van der Waals surface area contributed by atoms with Crippen LogP contribution < -0.4 is 0 Å². The van der Waals surface area contributed by atoms with Crippen LogP contribution in [0.15, 0.2) is 103 Å². The Hall–Kier alpha value is -2.80. The first-order chi connectivity index (χ1) is 17.6. The topological polar surface area (TPSA) is 57.2 Å². The number of rotatable bonds is 12. The highest BCUT2D eigenvalue weighted by Crippen LogP contribution is 2.31. The molecule has 36 heavy (non-hydrogen) atoms. The summed E-state index contributed by atoms with van der Waals surface area (Å²) in [5.41, 5.74) is 4.14. The fourth-order valence-corrected chi connectivity index (χ4v) is 4.44. The van der Waals surface area contributed by atoms with Crippen molar-refractivity contribution in [1.82, 2.24) is 0 Å². The van der Waals surface area contributed by atoms with Crippen LogP contribution in [0.5, 0.6) is 0 Å². The molecule has 0 spiro atoms. The first kappa shape index (κ1) is 26.3. The van der Waals surface area contributed by atoms with Crippen LogP contribution in [0.3, 0.4) is 0 Å². The average Bonchev–Trinajstić information content (AvgIpc) is 2.90. The molecule has 3 aromatic rings. The van der Waals surface area contributed by atoms with E-state index in [1.807, 2.05) is 97.9 Å². The van der Waals surface area contributed by atoms with Crippen LogP contribution in [0.4, 0.5) is 0 Å². The van der Waals surface area contributed by atoms with E-state index >= 15 is 0 Å². The molecule has 4 rings (SSSR count). The minimum atomic E-state index is -0.911. The highest BCUT2D eigenvalue weighted by atomic mass is 16.6. The average molecular weight is 489 g/mol. The van der Waals surface area contributed by atoms with Gasteiger partial charge in [-0.2, -0.15) is 0 Å². The van der Waals surface area contributed by atoms with Gasteiger partial charge in [0.25, 0.3) is 0 Å². The van der Waals surface area contributed by atoms with Crippen LogP contribution in [-0.4, -0.2) is 42.2 Å². The van der Waals surface area contributed by atoms with Crippen molar-refractivity contribution in [3.8, 4) is 0 Å². The summed E-state index contributed by atoms with van der Waals surface area (Å²) in [5.74, 6) is 0. The maximum Gasteiger partial charge on any atom is 0.115 e. The van der Waals surface area contributed by atoms with E-state index in [1.54, 1.807) is 0 Å². The molecule has 0 aromatic heterocycles. The third-order valence-corrected chi connectivity index (χ3v) is 6.27. The number of ether oxygens (including phenoxy) is 4. The van der Waals surface area contributed by atoms with E-state index in [1.165, 1.54) is 0 Å². The number of hydrogen-bond acceptors (Lipinski definition) is 5. The van der Waals surface area contributed by atoms with E-state index < -0.39 is 24.4 Å². The molecule has 0 amide bonds. The normalized spacial score (nSPS) is 23.9. The van der Waals surface area contributed by atoms with Gasteiger partial charge in [-0.3, -0.25) is 0 Å². The lowest BCUT2D eigenvalue weighted by molar-refractivity contribution is -0.260.